The van der Waals surface area contributed by atoms with Gasteiger partial charge in [-0.05, 0) is 12.1 Å². The van der Waals surface area contributed by atoms with Crippen molar-refractivity contribution < 1.29 is 9.66 Å². The van der Waals surface area contributed by atoms with Crippen LogP contribution in [0.25, 0.3) is 22.2 Å². The summed E-state index contributed by atoms with van der Waals surface area (Å²) in [5.41, 5.74) is 2.64. The highest BCUT2D eigenvalue weighted by Crippen LogP contribution is 2.34. The van der Waals surface area contributed by atoms with Gasteiger partial charge in [0.05, 0.1) is 34.6 Å². The summed E-state index contributed by atoms with van der Waals surface area (Å²) in [4.78, 5) is 22.5. The second-order valence-electron chi connectivity index (χ2n) is 5.90. The van der Waals surface area contributed by atoms with Crippen LogP contribution < -0.4 is 10.1 Å². The third-order valence-corrected chi connectivity index (χ3v) is 4.51. The standard InChI is InChI=1S/C19H14ClN5O3/c1-28-17-7-6-11(25(26)27)8-16(17)23-19-22-10-14(20)18(24-19)13-9-21-15-5-3-2-4-12(13)15/h2-10,21H,1H3,(H,22,23,24). The van der Waals surface area contributed by atoms with Gasteiger partial charge in [0.15, 0.2) is 0 Å². The minimum absolute atomic E-state index is 0.0749. The Hall–Kier alpha value is -3.65. The third-order valence-electron chi connectivity index (χ3n) is 4.23. The molecule has 2 heterocycles. The number of hydrogen-bond donors (Lipinski definition) is 2. The van der Waals surface area contributed by atoms with Crippen LogP contribution in [0.15, 0.2) is 54.9 Å². The molecule has 0 unspecified atom stereocenters. The van der Waals surface area contributed by atoms with Gasteiger partial charge in [-0.25, -0.2) is 9.97 Å². The van der Waals surface area contributed by atoms with Gasteiger partial charge in [-0.15, -0.1) is 0 Å². The van der Waals surface area contributed by atoms with E-state index in [4.69, 9.17) is 16.3 Å². The maximum absolute atomic E-state index is 11.1. The summed E-state index contributed by atoms with van der Waals surface area (Å²) in [5.74, 6) is 0.668. The third kappa shape index (κ3) is 3.21. The number of aromatic nitrogens is 3. The summed E-state index contributed by atoms with van der Waals surface area (Å²) in [6, 6.07) is 12.0. The number of H-pyrrole nitrogens is 1. The molecule has 4 rings (SSSR count). The molecule has 8 nitrogen and oxygen atoms in total. The first-order chi connectivity index (χ1) is 13.6. The lowest BCUT2D eigenvalue weighted by molar-refractivity contribution is -0.384. The number of rotatable bonds is 5. The van der Waals surface area contributed by atoms with Gasteiger partial charge in [0.1, 0.15) is 5.75 Å². The molecule has 0 aliphatic carbocycles. The van der Waals surface area contributed by atoms with Gasteiger partial charge in [-0.2, -0.15) is 0 Å². The quantitative estimate of drug-likeness (QED) is 0.366. The molecule has 0 spiro atoms. The highest BCUT2D eigenvalue weighted by Gasteiger charge is 2.15. The van der Waals surface area contributed by atoms with Gasteiger partial charge < -0.3 is 15.0 Å². The van der Waals surface area contributed by atoms with Crippen molar-refractivity contribution in [1.82, 2.24) is 15.0 Å². The van der Waals surface area contributed by atoms with Crippen molar-refractivity contribution in [2.45, 2.75) is 0 Å². The Morgan fingerprint density at radius 1 is 1.25 bits per heavy atom. The molecule has 2 N–H and O–H groups in total. The predicted octanol–water partition coefficient (Wildman–Crippen LogP) is 4.94. The molecular formula is C19H14ClN5O3. The van der Waals surface area contributed by atoms with Gasteiger partial charge in [0, 0.05) is 34.8 Å². The van der Waals surface area contributed by atoms with E-state index in [1.807, 2.05) is 30.5 Å². The summed E-state index contributed by atoms with van der Waals surface area (Å²) in [5, 5.41) is 15.4. The molecule has 4 aromatic rings. The first-order valence-corrected chi connectivity index (χ1v) is 8.63. The molecule has 28 heavy (non-hydrogen) atoms. The Balaban J connectivity index is 1.76. The minimum Gasteiger partial charge on any atom is -0.495 e. The van der Waals surface area contributed by atoms with Crippen LogP contribution in [-0.4, -0.2) is 27.0 Å². The average molecular weight is 396 g/mol. The number of benzene rings is 2. The molecule has 0 fully saturated rings. The number of aromatic amines is 1. The van der Waals surface area contributed by atoms with Crippen LogP contribution in [0.1, 0.15) is 0 Å². The van der Waals surface area contributed by atoms with Crippen LogP contribution in [-0.2, 0) is 0 Å². The maximum Gasteiger partial charge on any atom is 0.271 e. The van der Waals surface area contributed by atoms with E-state index in [1.54, 1.807) is 0 Å². The molecule has 140 valence electrons. The smallest absolute Gasteiger partial charge is 0.271 e. The fourth-order valence-corrected chi connectivity index (χ4v) is 3.10. The molecule has 0 bridgehead atoms. The topological polar surface area (TPSA) is 106 Å². The lowest BCUT2D eigenvalue weighted by atomic mass is 10.1. The van der Waals surface area contributed by atoms with E-state index < -0.39 is 4.92 Å². The summed E-state index contributed by atoms with van der Waals surface area (Å²) >= 11 is 6.34. The van der Waals surface area contributed by atoms with Crippen LogP contribution in [0.2, 0.25) is 5.02 Å². The maximum atomic E-state index is 11.1. The van der Waals surface area contributed by atoms with E-state index in [9.17, 15) is 10.1 Å². The average Bonchev–Trinajstić information content (AvgIpc) is 3.13. The Morgan fingerprint density at radius 3 is 2.86 bits per heavy atom. The number of non-ortho nitro benzene ring substituents is 1. The number of anilines is 2. The number of ether oxygens (including phenoxy) is 1. The molecule has 0 saturated carbocycles. The Bertz CT molecular complexity index is 1190. The van der Waals surface area contributed by atoms with Crippen molar-refractivity contribution in [2.24, 2.45) is 0 Å². The summed E-state index contributed by atoms with van der Waals surface area (Å²) in [7, 11) is 1.48. The molecule has 0 amide bonds. The summed E-state index contributed by atoms with van der Waals surface area (Å²) in [6.45, 7) is 0. The molecule has 0 saturated heterocycles. The van der Waals surface area contributed by atoms with Crippen molar-refractivity contribution in [3.63, 3.8) is 0 Å². The molecule has 0 aliphatic heterocycles. The molecule has 2 aromatic heterocycles. The number of nitro groups is 1. The van der Waals surface area contributed by atoms with Crippen molar-refractivity contribution in [3.8, 4) is 17.0 Å². The molecule has 2 aromatic carbocycles. The van der Waals surface area contributed by atoms with Crippen LogP contribution in [0.4, 0.5) is 17.3 Å². The molecule has 0 radical (unpaired) electrons. The van der Waals surface area contributed by atoms with Crippen molar-refractivity contribution >= 4 is 39.8 Å². The number of fused-ring (bicyclic) bond motifs is 1. The first-order valence-electron chi connectivity index (χ1n) is 8.25. The normalized spacial score (nSPS) is 10.8. The SMILES string of the molecule is COc1ccc([N+](=O)[O-])cc1Nc1ncc(Cl)c(-c2c[nH]c3ccccc23)n1. The number of hydrogen-bond acceptors (Lipinski definition) is 6. The fraction of sp³-hybridized carbons (Fsp3) is 0.0526. The van der Waals surface area contributed by atoms with Crippen LogP contribution in [0.5, 0.6) is 5.75 Å². The highest BCUT2D eigenvalue weighted by molar-refractivity contribution is 6.33. The molecular weight excluding hydrogens is 382 g/mol. The molecule has 9 heteroatoms. The number of nitrogens with one attached hydrogen (secondary N) is 2. The number of para-hydroxylation sites is 1. The Labute approximate surface area is 164 Å². The van der Waals surface area contributed by atoms with Crippen molar-refractivity contribution in [1.29, 1.82) is 0 Å². The largest absolute Gasteiger partial charge is 0.495 e. The van der Waals surface area contributed by atoms with Crippen LogP contribution in [0.3, 0.4) is 0 Å². The monoisotopic (exact) mass is 395 g/mol. The predicted molar refractivity (Wildman–Crippen MR) is 107 cm³/mol. The zero-order valence-corrected chi connectivity index (χ0v) is 15.4. The van der Waals surface area contributed by atoms with Gasteiger partial charge in [0.2, 0.25) is 5.95 Å². The lowest BCUT2D eigenvalue weighted by Crippen LogP contribution is -2.01. The van der Waals surface area contributed by atoms with E-state index in [0.717, 1.165) is 16.5 Å². The van der Waals surface area contributed by atoms with Gasteiger partial charge in [-0.3, -0.25) is 10.1 Å². The highest BCUT2D eigenvalue weighted by atomic mass is 35.5. The van der Waals surface area contributed by atoms with E-state index in [0.29, 0.717) is 22.2 Å². The Morgan fingerprint density at radius 2 is 2.07 bits per heavy atom. The number of methoxy groups -OCH3 is 1. The fourth-order valence-electron chi connectivity index (χ4n) is 2.91. The van der Waals surface area contributed by atoms with E-state index in [-0.39, 0.29) is 11.6 Å². The minimum atomic E-state index is -0.481. The van der Waals surface area contributed by atoms with E-state index in [1.165, 1.54) is 31.5 Å². The second kappa shape index (κ2) is 7.16. The molecule has 0 aliphatic rings. The van der Waals surface area contributed by atoms with E-state index in [2.05, 4.69) is 20.3 Å². The zero-order valence-electron chi connectivity index (χ0n) is 14.6. The van der Waals surface area contributed by atoms with Gasteiger partial charge in [-0.1, -0.05) is 29.8 Å². The first kappa shape index (κ1) is 17.7. The van der Waals surface area contributed by atoms with Crippen molar-refractivity contribution in [2.75, 3.05) is 12.4 Å². The summed E-state index contributed by atoms with van der Waals surface area (Å²) < 4.78 is 5.26. The van der Waals surface area contributed by atoms with Crippen LogP contribution >= 0.6 is 11.6 Å². The van der Waals surface area contributed by atoms with Crippen molar-refractivity contribution in [3.05, 3.63) is 70.0 Å². The number of halogens is 1. The number of nitro benzene ring substituents is 1. The number of nitrogens with zero attached hydrogens (tertiary/aromatic N) is 3. The van der Waals surface area contributed by atoms with Gasteiger partial charge >= 0.3 is 0 Å². The second-order valence-corrected chi connectivity index (χ2v) is 6.31. The van der Waals surface area contributed by atoms with Gasteiger partial charge in [0.25, 0.3) is 5.69 Å². The zero-order chi connectivity index (χ0) is 19.7. The molecule has 0 atom stereocenters. The summed E-state index contributed by atoms with van der Waals surface area (Å²) in [6.07, 6.45) is 3.31. The lowest BCUT2D eigenvalue weighted by Gasteiger charge is -2.11. The van der Waals surface area contributed by atoms with Crippen LogP contribution in [0, 0.1) is 10.1 Å². The van der Waals surface area contributed by atoms with E-state index >= 15 is 0 Å². The Kier molecular flexibility index (Phi) is 4.54.